The molecule has 2 unspecified atom stereocenters. The molecule has 1 saturated heterocycles. The van der Waals surface area contributed by atoms with E-state index < -0.39 is 0 Å². The molecule has 1 N–H and O–H groups in total. The van der Waals surface area contributed by atoms with E-state index in [1.165, 1.54) is 0 Å². The molecular formula is C10H20N2O2. The van der Waals surface area contributed by atoms with E-state index >= 15 is 0 Å². The van der Waals surface area contributed by atoms with E-state index in [0.717, 1.165) is 13.1 Å². The minimum atomic E-state index is 0.155. The third-order valence-electron chi connectivity index (χ3n) is 2.79. The Morgan fingerprint density at radius 3 is 2.93 bits per heavy atom. The van der Waals surface area contributed by atoms with Crippen LogP contribution < -0.4 is 5.32 Å². The molecule has 0 aromatic heterocycles. The van der Waals surface area contributed by atoms with E-state index in [4.69, 9.17) is 4.74 Å². The van der Waals surface area contributed by atoms with Gasteiger partial charge in [-0.25, -0.2) is 0 Å². The van der Waals surface area contributed by atoms with Crippen LogP contribution in [-0.2, 0) is 9.53 Å². The molecule has 1 heterocycles. The summed E-state index contributed by atoms with van der Waals surface area (Å²) in [4.78, 5) is 13.7. The standard InChI is InChI=1S/C10H20N2O2/c1-8-9(2)14-7-6-12(8)10(13)4-5-11-3/h8-9,11H,4-7H2,1-3H3. The first kappa shape index (κ1) is 11.5. The summed E-state index contributed by atoms with van der Waals surface area (Å²) < 4.78 is 5.47. The smallest absolute Gasteiger partial charge is 0.224 e. The third-order valence-corrected chi connectivity index (χ3v) is 2.79. The lowest BCUT2D eigenvalue weighted by atomic mass is 10.1. The lowest BCUT2D eigenvalue weighted by Crippen LogP contribution is -2.51. The second-order valence-electron chi connectivity index (χ2n) is 3.76. The van der Waals surface area contributed by atoms with Gasteiger partial charge in [-0.05, 0) is 20.9 Å². The molecule has 1 rings (SSSR count). The molecule has 0 spiro atoms. The fourth-order valence-electron chi connectivity index (χ4n) is 1.66. The van der Waals surface area contributed by atoms with Gasteiger partial charge >= 0.3 is 0 Å². The first-order valence-corrected chi connectivity index (χ1v) is 5.22. The topological polar surface area (TPSA) is 41.6 Å². The average Bonchev–Trinajstić information content (AvgIpc) is 2.18. The van der Waals surface area contributed by atoms with Crippen molar-refractivity contribution in [2.24, 2.45) is 0 Å². The molecule has 1 amide bonds. The molecule has 0 radical (unpaired) electrons. The van der Waals surface area contributed by atoms with Crippen molar-refractivity contribution in [3.63, 3.8) is 0 Å². The zero-order chi connectivity index (χ0) is 10.6. The van der Waals surface area contributed by atoms with E-state index in [1.807, 2.05) is 25.8 Å². The first-order valence-electron chi connectivity index (χ1n) is 5.22. The number of carbonyl (C=O) groups excluding carboxylic acids is 1. The highest BCUT2D eigenvalue weighted by atomic mass is 16.5. The predicted octanol–water partition coefficient (Wildman–Crippen LogP) is 0.232. The number of hydrogen-bond donors (Lipinski definition) is 1. The number of hydrogen-bond acceptors (Lipinski definition) is 3. The predicted molar refractivity (Wildman–Crippen MR) is 55.1 cm³/mol. The van der Waals surface area contributed by atoms with E-state index in [-0.39, 0.29) is 18.1 Å². The molecule has 0 aliphatic carbocycles. The highest BCUT2D eigenvalue weighted by Crippen LogP contribution is 2.14. The molecule has 0 saturated carbocycles. The Kier molecular flexibility index (Phi) is 4.35. The van der Waals surface area contributed by atoms with Gasteiger partial charge in [0.25, 0.3) is 0 Å². The van der Waals surface area contributed by atoms with Crippen LogP contribution in [0.3, 0.4) is 0 Å². The number of nitrogens with zero attached hydrogens (tertiary/aromatic N) is 1. The third kappa shape index (κ3) is 2.69. The lowest BCUT2D eigenvalue weighted by Gasteiger charge is -2.37. The first-order chi connectivity index (χ1) is 6.66. The van der Waals surface area contributed by atoms with Gasteiger partial charge in [0.15, 0.2) is 0 Å². The number of ether oxygens (including phenoxy) is 1. The highest BCUT2D eigenvalue weighted by molar-refractivity contribution is 5.76. The molecule has 1 aliphatic rings. The summed E-state index contributed by atoms with van der Waals surface area (Å²) in [5.74, 6) is 0.224. The van der Waals surface area contributed by atoms with Crippen molar-refractivity contribution < 1.29 is 9.53 Å². The van der Waals surface area contributed by atoms with Crippen molar-refractivity contribution in [2.75, 3.05) is 26.7 Å². The van der Waals surface area contributed by atoms with E-state index in [9.17, 15) is 4.79 Å². The second-order valence-corrected chi connectivity index (χ2v) is 3.76. The van der Waals surface area contributed by atoms with Gasteiger partial charge in [0.2, 0.25) is 5.91 Å². The molecular weight excluding hydrogens is 180 g/mol. The van der Waals surface area contributed by atoms with E-state index in [0.29, 0.717) is 13.0 Å². The van der Waals surface area contributed by atoms with Crippen molar-refractivity contribution in [1.82, 2.24) is 10.2 Å². The zero-order valence-corrected chi connectivity index (χ0v) is 9.25. The number of morpholine rings is 1. The molecule has 1 fully saturated rings. The van der Waals surface area contributed by atoms with Crippen molar-refractivity contribution in [3.05, 3.63) is 0 Å². The van der Waals surface area contributed by atoms with Crippen LogP contribution >= 0.6 is 0 Å². The number of carbonyl (C=O) groups is 1. The van der Waals surface area contributed by atoms with Gasteiger partial charge in [0, 0.05) is 19.5 Å². The fraction of sp³-hybridized carbons (Fsp3) is 0.900. The van der Waals surface area contributed by atoms with Gasteiger partial charge in [0.05, 0.1) is 18.8 Å². The molecule has 14 heavy (non-hydrogen) atoms. The summed E-state index contributed by atoms with van der Waals surface area (Å²) >= 11 is 0. The van der Waals surface area contributed by atoms with Crippen LogP contribution in [0.1, 0.15) is 20.3 Å². The van der Waals surface area contributed by atoms with Gasteiger partial charge < -0.3 is 15.0 Å². The maximum absolute atomic E-state index is 11.7. The number of nitrogens with one attached hydrogen (secondary N) is 1. The van der Waals surface area contributed by atoms with Crippen molar-refractivity contribution in [3.8, 4) is 0 Å². The van der Waals surface area contributed by atoms with Crippen LogP contribution in [0.15, 0.2) is 0 Å². The van der Waals surface area contributed by atoms with Crippen molar-refractivity contribution in [2.45, 2.75) is 32.4 Å². The molecule has 0 aromatic carbocycles. The van der Waals surface area contributed by atoms with Gasteiger partial charge in [-0.2, -0.15) is 0 Å². The van der Waals surface area contributed by atoms with Crippen LogP contribution in [0.2, 0.25) is 0 Å². The molecule has 4 nitrogen and oxygen atoms in total. The molecule has 1 aliphatic heterocycles. The largest absolute Gasteiger partial charge is 0.375 e. The monoisotopic (exact) mass is 200 g/mol. The molecule has 82 valence electrons. The summed E-state index contributed by atoms with van der Waals surface area (Å²) in [5, 5.41) is 2.98. The summed E-state index contributed by atoms with van der Waals surface area (Å²) in [6, 6.07) is 0.202. The van der Waals surface area contributed by atoms with E-state index in [2.05, 4.69) is 5.32 Å². The van der Waals surface area contributed by atoms with Gasteiger partial charge in [-0.15, -0.1) is 0 Å². The Hall–Kier alpha value is -0.610. The second kappa shape index (κ2) is 5.32. The lowest BCUT2D eigenvalue weighted by molar-refractivity contribution is -0.143. The fourth-order valence-corrected chi connectivity index (χ4v) is 1.66. The van der Waals surface area contributed by atoms with Crippen molar-refractivity contribution in [1.29, 1.82) is 0 Å². The van der Waals surface area contributed by atoms with E-state index in [1.54, 1.807) is 0 Å². The maximum atomic E-state index is 11.7. The normalized spacial score (nSPS) is 27.8. The Labute approximate surface area is 85.6 Å². The Balaban J connectivity index is 2.44. The van der Waals surface area contributed by atoms with Gasteiger partial charge in [-0.1, -0.05) is 0 Å². The minimum Gasteiger partial charge on any atom is -0.375 e. The summed E-state index contributed by atoms with van der Waals surface area (Å²) in [7, 11) is 1.86. The van der Waals surface area contributed by atoms with Crippen LogP contribution in [0, 0.1) is 0 Å². The molecule has 2 atom stereocenters. The van der Waals surface area contributed by atoms with Crippen molar-refractivity contribution >= 4 is 5.91 Å². The summed E-state index contributed by atoms with van der Waals surface area (Å²) in [5.41, 5.74) is 0. The summed E-state index contributed by atoms with van der Waals surface area (Å²) in [6.45, 7) is 6.20. The minimum absolute atomic E-state index is 0.155. The van der Waals surface area contributed by atoms with Gasteiger partial charge in [0.1, 0.15) is 0 Å². The number of rotatable bonds is 3. The van der Waals surface area contributed by atoms with Crippen LogP contribution in [-0.4, -0.2) is 49.7 Å². The quantitative estimate of drug-likeness (QED) is 0.709. The average molecular weight is 200 g/mol. The Morgan fingerprint density at radius 1 is 1.57 bits per heavy atom. The highest BCUT2D eigenvalue weighted by Gasteiger charge is 2.28. The molecule has 0 bridgehead atoms. The SMILES string of the molecule is CNCCC(=O)N1CCOC(C)C1C. The summed E-state index contributed by atoms with van der Waals surface area (Å²) in [6.07, 6.45) is 0.732. The molecule has 4 heteroatoms. The Bertz CT molecular complexity index is 197. The number of amides is 1. The Morgan fingerprint density at radius 2 is 2.29 bits per heavy atom. The molecule has 0 aromatic rings. The van der Waals surface area contributed by atoms with Gasteiger partial charge in [-0.3, -0.25) is 4.79 Å². The van der Waals surface area contributed by atoms with Crippen LogP contribution in [0.4, 0.5) is 0 Å². The zero-order valence-electron chi connectivity index (χ0n) is 9.25. The maximum Gasteiger partial charge on any atom is 0.224 e. The van der Waals surface area contributed by atoms with Crippen LogP contribution in [0.25, 0.3) is 0 Å². The van der Waals surface area contributed by atoms with Crippen LogP contribution in [0.5, 0.6) is 0 Å².